The van der Waals surface area contributed by atoms with E-state index in [2.05, 4.69) is 16.0 Å². The monoisotopic (exact) mass is 337 g/mol. The van der Waals surface area contributed by atoms with Crippen molar-refractivity contribution < 1.29 is 9.59 Å². The first kappa shape index (κ1) is 17.2. The van der Waals surface area contributed by atoms with Gasteiger partial charge in [-0.05, 0) is 62.7 Å². The molecule has 2 aromatic rings. The molecule has 1 fully saturated rings. The molecule has 0 radical (unpaired) electrons. The molecule has 5 heteroatoms. The van der Waals surface area contributed by atoms with Crippen LogP contribution in [0.3, 0.4) is 0 Å². The molecule has 3 N–H and O–H groups in total. The predicted molar refractivity (Wildman–Crippen MR) is 98.9 cm³/mol. The highest BCUT2D eigenvalue weighted by molar-refractivity contribution is 6.05. The number of nitrogens with one attached hydrogen (secondary N) is 3. The van der Waals surface area contributed by atoms with Crippen molar-refractivity contribution in [2.24, 2.45) is 0 Å². The number of aryl methyl sites for hydroxylation is 1. The average Bonchev–Trinajstić information content (AvgIpc) is 2.65. The second-order valence-corrected chi connectivity index (χ2v) is 6.35. The minimum atomic E-state index is -0.181. The molecule has 2 amide bonds. The van der Waals surface area contributed by atoms with Gasteiger partial charge in [0.05, 0.1) is 0 Å². The first-order valence-electron chi connectivity index (χ1n) is 8.62. The molecule has 0 saturated carbocycles. The molecule has 0 aromatic heterocycles. The van der Waals surface area contributed by atoms with E-state index in [0.717, 1.165) is 31.5 Å². The van der Waals surface area contributed by atoms with E-state index in [9.17, 15) is 9.59 Å². The van der Waals surface area contributed by atoms with Gasteiger partial charge >= 0.3 is 0 Å². The highest BCUT2D eigenvalue weighted by atomic mass is 16.2. The van der Waals surface area contributed by atoms with Crippen molar-refractivity contribution in [3.05, 3.63) is 65.2 Å². The molecule has 0 atom stereocenters. The summed E-state index contributed by atoms with van der Waals surface area (Å²) in [5, 5.41) is 9.25. The number of piperidine rings is 1. The van der Waals surface area contributed by atoms with Crippen LogP contribution in [0.15, 0.2) is 48.5 Å². The van der Waals surface area contributed by atoms with Crippen LogP contribution in [-0.4, -0.2) is 30.9 Å². The molecule has 1 saturated heterocycles. The summed E-state index contributed by atoms with van der Waals surface area (Å²) in [6.45, 7) is 3.77. The summed E-state index contributed by atoms with van der Waals surface area (Å²) in [6, 6.07) is 14.6. The van der Waals surface area contributed by atoms with Crippen LogP contribution in [0.4, 0.5) is 5.69 Å². The lowest BCUT2D eigenvalue weighted by Crippen LogP contribution is -2.42. The smallest absolute Gasteiger partial charge is 0.255 e. The fourth-order valence-corrected chi connectivity index (χ4v) is 2.92. The number of anilines is 1. The molecule has 1 aliphatic heterocycles. The Labute approximate surface area is 147 Å². The Morgan fingerprint density at radius 1 is 0.960 bits per heavy atom. The maximum atomic E-state index is 12.5. The van der Waals surface area contributed by atoms with Crippen LogP contribution in [0.25, 0.3) is 0 Å². The molecular formula is C20H23N3O2. The maximum Gasteiger partial charge on any atom is 0.255 e. The van der Waals surface area contributed by atoms with Gasteiger partial charge in [0, 0.05) is 22.9 Å². The highest BCUT2D eigenvalue weighted by Crippen LogP contribution is 2.18. The van der Waals surface area contributed by atoms with E-state index in [1.807, 2.05) is 31.2 Å². The van der Waals surface area contributed by atoms with Crippen LogP contribution in [0.1, 0.15) is 39.1 Å². The van der Waals surface area contributed by atoms with Crippen LogP contribution in [-0.2, 0) is 0 Å². The van der Waals surface area contributed by atoms with Gasteiger partial charge in [-0.25, -0.2) is 0 Å². The average molecular weight is 337 g/mol. The number of carbonyl (C=O) groups excluding carboxylic acids is 2. The number of hydrogen-bond acceptors (Lipinski definition) is 3. The van der Waals surface area contributed by atoms with Gasteiger partial charge in [0.25, 0.3) is 11.8 Å². The van der Waals surface area contributed by atoms with Crippen molar-refractivity contribution in [3.63, 3.8) is 0 Å². The summed E-state index contributed by atoms with van der Waals surface area (Å²) in [5.41, 5.74) is 2.73. The Morgan fingerprint density at radius 3 is 2.40 bits per heavy atom. The summed E-state index contributed by atoms with van der Waals surface area (Å²) >= 11 is 0. The first-order chi connectivity index (χ1) is 12.1. The Hall–Kier alpha value is -2.66. The summed E-state index contributed by atoms with van der Waals surface area (Å²) in [5.74, 6) is -0.276. The Kier molecular flexibility index (Phi) is 5.46. The van der Waals surface area contributed by atoms with Gasteiger partial charge in [-0.2, -0.15) is 0 Å². The molecule has 0 spiro atoms. The van der Waals surface area contributed by atoms with Crippen molar-refractivity contribution in [2.45, 2.75) is 25.8 Å². The lowest BCUT2D eigenvalue weighted by Gasteiger charge is -2.23. The Balaban J connectivity index is 1.71. The van der Waals surface area contributed by atoms with E-state index >= 15 is 0 Å². The van der Waals surface area contributed by atoms with Crippen LogP contribution < -0.4 is 16.0 Å². The third kappa shape index (κ3) is 4.45. The number of rotatable bonds is 4. The van der Waals surface area contributed by atoms with E-state index in [1.165, 1.54) is 0 Å². The third-order valence-corrected chi connectivity index (χ3v) is 4.46. The van der Waals surface area contributed by atoms with E-state index in [-0.39, 0.29) is 17.9 Å². The second-order valence-electron chi connectivity index (χ2n) is 6.35. The van der Waals surface area contributed by atoms with Crippen LogP contribution >= 0.6 is 0 Å². The van der Waals surface area contributed by atoms with Gasteiger partial charge in [-0.1, -0.05) is 24.3 Å². The summed E-state index contributed by atoms with van der Waals surface area (Å²) in [6.07, 6.45) is 1.88. The molecule has 0 bridgehead atoms. The largest absolute Gasteiger partial charge is 0.349 e. The van der Waals surface area contributed by atoms with Crippen LogP contribution in [0.5, 0.6) is 0 Å². The number of benzene rings is 2. The van der Waals surface area contributed by atoms with Gasteiger partial charge in [-0.15, -0.1) is 0 Å². The Bertz CT molecular complexity index is 753. The van der Waals surface area contributed by atoms with Gasteiger partial charge in [0.2, 0.25) is 0 Å². The fraction of sp³-hybridized carbons (Fsp3) is 0.300. The van der Waals surface area contributed by atoms with Gasteiger partial charge in [-0.3, -0.25) is 9.59 Å². The molecule has 130 valence electrons. The molecule has 2 aromatic carbocycles. The van der Waals surface area contributed by atoms with Crippen molar-refractivity contribution in [3.8, 4) is 0 Å². The zero-order valence-electron chi connectivity index (χ0n) is 14.3. The maximum absolute atomic E-state index is 12.5. The van der Waals surface area contributed by atoms with Gasteiger partial charge in [0.15, 0.2) is 0 Å². The minimum absolute atomic E-state index is 0.0953. The molecule has 1 heterocycles. The summed E-state index contributed by atoms with van der Waals surface area (Å²) in [7, 11) is 0. The predicted octanol–water partition coefficient (Wildman–Crippen LogP) is 2.73. The molecule has 0 aliphatic carbocycles. The molecule has 5 nitrogen and oxygen atoms in total. The number of carbonyl (C=O) groups is 2. The molecule has 0 unspecified atom stereocenters. The lowest BCUT2D eigenvalue weighted by molar-refractivity contribution is 0.0928. The number of amides is 2. The molecule has 3 rings (SSSR count). The van der Waals surface area contributed by atoms with Crippen molar-refractivity contribution in [1.82, 2.24) is 10.6 Å². The SMILES string of the molecule is Cc1ccc(C(=O)NC2CCNCC2)cc1NC(=O)c1ccccc1. The highest BCUT2D eigenvalue weighted by Gasteiger charge is 2.17. The van der Waals surface area contributed by atoms with Crippen molar-refractivity contribution >= 4 is 17.5 Å². The van der Waals surface area contributed by atoms with Crippen molar-refractivity contribution in [1.29, 1.82) is 0 Å². The van der Waals surface area contributed by atoms with Gasteiger partial charge < -0.3 is 16.0 Å². The molecule has 1 aliphatic rings. The van der Waals surface area contributed by atoms with Gasteiger partial charge in [0.1, 0.15) is 0 Å². The summed E-state index contributed by atoms with van der Waals surface area (Å²) in [4.78, 5) is 24.8. The van der Waals surface area contributed by atoms with Crippen molar-refractivity contribution in [2.75, 3.05) is 18.4 Å². The standard InChI is InChI=1S/C20H23N3O2/c1-14-7-8-16(20(25)22-17-9-11-21-12-10-17)13-18(14)23-19(24)15-5-3-2-4-6-15/h2-8,13,17,21H,9-12H2,1H3,(H,22,25)(H,23,24). The Morgan fingerprint density at radius 2 is 1.68 bits per heavy atom. The van der Waals surface area contributed by atoms with E-state index in [0.29, 0.717) is 16.8 Å². The minimum Gasteiger partial charge on any atom is -0.349 e. The third-order valence-electron chi connectivity index (χ3n) is 4.46. The normalized spacial score (nSPS) is 14.8. The molecular weight excluding hydrogens is 314 g/mol. The van der Waals surface area contributed by atoms with Crippen LogP contribution in [0, 0.1) is 6.92 Å². The van der Waals surface area contributed by atoms with E-state index in [1.54, 1.807) is 24.3 Å². The zero-order chi connectivity index (χ0) is 17.6. The quantitative estimate of drug-likeness (QED) is 0.803. The zero-order valence-corrected chi connectivity index (χ0v) is 14.3. The first-order valence-corrected chi connectivity index (χ1v) is 8.62. The van der Waals surface area contributed by atoms with E-state index < -0.39 is 0 Å². The fourth-order valence-electron chi connectivity index (χ4n) is 2.92. The second kappa shape index (κ2) is 7.94. The number of hydrogen-bond donors (Lipinski definition) is 3. The van der Waals surface area contributed by atoms with Crippen LogP contribution in [0.2, 0.25) is 0 Å². The lowest BCUT2D eigenvalue weighted by atomic mass is 10.0. The van der Waals surface area contributed by atoms with E-state index in [4.69, 9.17) is 0 Å². The topological polar surface area (TPSA) is 70.2 Å². The summed E-state index contributed by atoms with van der Waals surface area (Å²) < 4.78 is 0. The molecule has 25 heavy (non-hydrogen) atoms.